The Morgan fingerprint density at radius 3 is 2.53 bits per heavy atom. The lowest BCUT2D eigenvalue weighted by molar-refractivity contribution is -0.124. The lowest BCUT2D eigenvalue weighted by Crippen LogP contribution is -2.32. The van der Waals surface area contributed by atoms with Crippen LogP contribution in [0, 0.1) is 0 Å². The van der Waals surface area contributed by atoms with Crippen molar-refractivity contribution in [2.45, 2.75) is 45.6 Å². The monoisotopic (exact) mass is 493 g/mol. The number of nitrogens with one attached hydrogen (secondary N) is 1. The van der Waals surface area contributed by atoms with Crippen molar-refractivity contribution in [1.82, 2.24) is 14.9 Å². The van der Waals surface area contributed by atoms with E-state index in [1.54, 1.807) is 28.8 Å². The number of benzene rings is 2. The maximum atomic E-state index is 12.9. The quantitative estimate of drug-likeness (QED) is 0.360. The first-order chi connectivity index (χ1) is 17.5. The van der Waals surface area contributed by atoms with Gasteiger partial charge >= 0.3 is 5.97 Å². The van der Waals surface area contributed by atoms with Crippen molar-refractivity contribution in [3.8, 4) is 11.5 Å². The molecule has 1 N–H and O–H groups in total. The highest BCUT2D eigenvalue weighted by Gasteiger charge is 2.16. The standard InChI is InChI=1S/C27H31N3O6/c1-2-34-20-9-11-21(12-10-20)35-16-14-28-25(31)18-36-27(33)19-8-13-22-23(17-19)29-24-7-5-3-4-6-15-30(24)26(22)32/h8-13,17H,2-7,14-16,18H2,1H3,(H,28,31). The lowest BCUT2D eigenvalue weighted by atomic mass is 10.1. The third-order valence-corrected chi connectivity index (χ3v) is 5.96. The van der Waals surface area contributed by atoms with Crippen LogP contribution in [0.25, 0.3) is 10.9 Å². The predicted octanol–water partition coefficient (Wildman–Crippen LogP) is 3.26. The maximum absolute atomic E-state index is 12.9. The van der Waals surface area contributed by atoms with Gasteiger partial charge in [-0.15, -0.1) is 0 Å². The molecule has 4 rings (SSSR count). The summed E-state index contributed by atoms with van der Waals surface area (Å²) in [6.45, 7) is 3.29. The number of carbonyl (C=O) groups is 2. The topological polar surface area (TPSA) is 109 Å². The minimum atomic E-state index is -0.647. The smallest absolute Gasteiger partial charge is 0.338 e. The van der Waals surface area contributed by atoms with Crippen LogP contribution in [0.3, 0.4) is 0 Å². The summed E-state index contributed by atoms with van der Waals surface area (Å²) in [5, 5.41) is 3.12. The van der Waals surface area contributed by atoms with Crippen molar-refractivity contribution in [2.24, 2.45) is 0 Å². The van der Waals surface area contributed by atoms with Crippen LogP contribution in [0.2, 0.25) is 0 Å². The molecule has 2 aromatic carbocycles. The van der Waals surface area contributed by atoms with E-state index in [-0.39, 0.29) is 24.3 Å². The van der Waals surface area contributed by atoms with Gasteiger partial charge < -0.3 is 19.5 Å². The van der Waals surface area contributed by atoms with Crippen LogP contribution in [0.1, 0.15) is 48.8 Å². The summed E-state index contributed by atoms with van der Waals surface area (Å²) in [5.41, 5.74) is 0.637. The third-order valence-electron chi connectivity index (χ3n) is 5.96. The Balaban J connectivity index is 1.27. The number of esters is 1. The summed E-state index contributed by atoms with van der Waals surface area (Å²) in [6.07, 6.45) is 4.91. The van der Waals surface area contributed by atoms with E-state index < -0.39 is 18.5 Å². The highest BCUT2D eigenvalue weighted by atomic mass is 16.5. The summed E-state index contributed by atoms with van der Waals surface area (Å²) in [7, 11) is 0. The van der Waals surface area contributed by atoms with E-state index in [1.807, 2.05) is 19.1 Å². The normalized spacial score (nSPS) is 13.2. The fourth-order valence-corrected chi connectivity index (χ4v) is 4.15. The molecule has 0 saturated carbocycles. The van der Waals surface area contributed by atoms with E-state index in [0.29, 0.717) is 29.8 Å². The zero-order valence-corrected chi connectivity index (χ0v) is 20.5. The average Bonchev–Trinajstić information content (AvgIpc) is 2.87. The van der Waals surface area contributed by atoms with Crippen molar-refractivity contribution < 1.29 is 23.8 Å². The van der Waals surface area contributed by atoms with Crippen molar-refractivity contribution in [1.29, 1.82) is 0 Å². The molecule has 0 unspecified atom stereocenters. The number of rotatable bonds is 9. The fourth-order valence-electron chi connectivity index (χ4n) is 4.15. The molecule has 9 nitrogen and oxygen atoms in total. The van der Waals surface area contributed by atoms with Gasteiger partial charge in [0.1, 0.15) is 23.9 Å². The first-order valence-electron chi connectivity index (χ1n) is 12.4. The predicted molar refractivity (Wildman–Crippen MR) is 135 cm³/mol. The molecule has 0 atom stereocenters. The molecule has 9 heteroatoms. The van der Waals surface area contributed by atoms with E-state index in [0.717, 1.165) is 43.7 Å². The van der Waals surface area contributed by atoms with Gasteiger partial charge in [0, 0.05) is 13.0 Å². The van der Waals surface area contributed by atoms with E-state index in [9.17, 15) is 14.4 Å². The van der Waals surface area contributed by atoms with Crippen molar-refractivity contribution in [3.05, 3.63) is 64.2 Å². The Bertz CT molecular complexity index is 1270. The first-order valence-corrected chi connectivity index (χ1v) is 12.4. The summed E-state index contributed by atoms with van der Waals surface area (Å²) >= 11 is 0. The molecule has 3 aromatic rings. The number of fused-ring (bicyclic) bond motifs is 2. The Hall–Kier alpha value is -3.88. The number of carbonyl (C=O) groups excluding carboxylic acids is 2. The van der Waals surface area contributed by atoms with Crippen LogP contribution in [-0.2, 0) is 22.5 Å². The summed E-state index contributed by atoms with van der Waals surface area (Å²) < 4.78 is 17.9. The van der Waals surface area contributed by atoms with Crippen LogP contribution in [0.15, 0.2) is 47.3 Å². The Morgan fingerprint density at radius 2 is 1.75 bits per heavy atom. The van der Waals surface area contributed by atoms with Gasteiger partial charge in [-0.05, 0) is 62.2 Å². The van der Waals surface area contributed by atoms with Gasteiger partial charge in [0.15, 0.2) is 6.61 Å². The number of aromatic nitrogens is 2. The minimum Gasteiger partial charge on any atom is -0.494 e. The van der Waals surface area contributed by atoms with Crippen LogP contribution in [0.4, 0.5) is 0 Å². The Kier molecular flexibility index (Phi) is 8.54. The molecule has 190 valence electrons. The fraction of sp³-hybridized carbons (Fsp3) is 0.407. The second-order valence-corrected chi connectivity index (χ2v) is 8.56. The molecule has 1 amide bonds. The average molecular weight is 494 g/mol. The van der Waals surface area contributed by atoms with Gasteiger partial charge in [0.2, 0.25) is 0 Å². The number of nitrogens with zero attached hydrogens (tertiary/aromatic N) is 2. The highest BCUT2D eigenvalue weighted by molar-refractivity contribution is 5.95. The number of hydrogen-bond acceptors (Lipinski definition) is 7. The van der Waals surface area contributed by atoms with Crippen molar-refractivity contribution in [2.75, 3.05) is 26.4 Å². The molecule has 0 fully saturated rings. The summed E-state index contributed by atoms with van der Waals surface area (Å²) in [4.78, 5) is 42.2. The first kappa shape index (κ1) is 25.2. The minimum absolute atomic E-state index is 0.0800. The SMILES string of the molecule is CCOc1ccc(OCCNC(=O)COC(=O)c2ccc3c(=O)n4c(nc3c2)CCCCCC4)cc1. The molecular formula is C27H31N3O6. The second kappa shape index (κ2) is 12.2. The zero-order valence-electron chi connectivity index (χ0n) is 20.5. The van der Waals surface area contributed by atoms with Gasteiger partial charge in [-0.3, -0.25) is 14.2 Å². The van der Waals surface area contributed by atoms with Gasteiger partial charge in [0.05, 0.1) is 29.6 Å². The molecule has 0 saturated heterocycles. The molecule has 0 radical (unpaired) electrons. The molecule has 36 heavy (non-hydrogen) atoms. The molecule has 0 aliphatic carbocycles. The molecule has 0 bridgehead atoms. The van der Waals surface area contributed by atoms with E-state index in [2.05, 4.69) is 10.3 Å². The van der Waals surface area contributed by atoms with E-state index >= 15 is 0 Å². The van der Waals surface area contributed by atoms with Gasteiger partial charge in [-0.1, -0.05) is 12.8 Å². The summed E-state index contributed by atoms with van der Waals surface area (Å²) in [6, 6.07) is 11.9. The summed E-state index contributed by atoms with van der Waals surface area (Å²) in [5.74, 6) is 1.10. The molecule has 2 heterocycles. The molecule has 1 aliphatic heterocycles. The number of aryl methyl sites for hydroxylation is 1. The van der Waals surface area contributed by atoms with E-state index in [4.69, 9.17) is 14.2 Å². The van der Waals surface area contributed by atoms with Gasteiger partial charge in [-0.25, -0.2) is 9.78 Å². The lowest BCUT2D eigenvalue weighted by Gasteiger charge is -2.16. The van der Waals surface area contributed by atoms with Gasteiger partial charge in [0.25, 0.3) is 11.5 Å². The van der Waals surface area contributed by atoms with Crippen LogP contribution >= 0.6 is 0 Å². The molecule has 1 aliphatic rings. The van der Waals surface area contributed by atoms with Crippen molar-refractivity contribution >= 4 is 22.8 Å². The molecule has 0 spiro atoms. The van der Waals surface area contributed by atoms with Crippen LogP contribution in [-0.4, -0.2) is 47.8 Å². The highest BCUT2D eigenvalue weighted by Crippen LogP contribution is 2.18. The molecule has 1 aromatic heterocycles. The van der Waals surface area contributed by atoms with Gasteiger partial charge in [-0.2, -0.15) is 0 Å². The molecular weight excluding hydrogens is 462 g/mol. The largest absolute Gasteiger partial charge is 0.494 e. The van der Waals surface area contributed by atoms with Crippen molar-refractivity contribution in [3.63, 3.8) is 0 Å². The Morgan fingerprint density at radius 1 is 1.00 bits per heavy atom. The third kappa shape index (κ3) is 6.41. The Labute approximate surface area is 209 Å². The van der Waals surface area contributed by atoms with Crippen LogP contribution in [0.5, 0.6) is 11.5 Å². The zero-order chi connectivity index (χ0) is 25.3. The number of ether oxygens (including phenoxy) is 3. The maximum Gasteiger partial charge on any atom is 0.338 e. The van der Waals surface area contributed by atoms with E-state index in [1.165, 1.54) is 6.07 Å². The number of hydrogen-bond donors (Lipinski definition) is 1. The second-order valence-electron chi connectivity index (χ2n) is 8.56. The number of amides is 1. The van der Waals surface area contributed by atoms with Crippen LogP contribution < -0.4 is 20.3 Å².